The molecule has 0 bridgehead atoms. The van der Waals surface area contributed by atoms with E-state index >= 15 is 0 Å². The van der Waals surface area contributed by atoms with Gasteiger partial charge in [-0.15, -0.1) is 0 Å². The van der Waals surface area contributed by atoms with Crippen LogP contribution in [-0.4, -0.2) is 14.0 Å². The molecule has 1 N–H and O–H groups in total. The van der Waals surface area contributed by atoms with Gasteiger partial charge in [0.15, 0.2) is 0 Å². The number of rotatable bonds is 2. The lowest BCUT2D eigenvalue weighted by atomic mass is 10.1. The number of nitrogens with zero attached hydrogens (tertiary/aromatic N) is 2. The maximum atomic E-state index is 12.8. The summed E-state index contributed by atoms with van der Waals surface area (Å²) in [5, 5.41) is 0.952. The molecule has 21 heavy (non-hydrogen) atoms. The predicted octanol–water partition coefficient (Wildman–Crippen LogP) is 3.02. The van der Waals surface area contributed by atoms with Gasteiger partial charge in [-0.05, 0) is 53.7 Å². The molecule has 5 heteroatoms. The topological polar surface area (TPSA) is 47.2 Å². The zero-order valence-electron chi connectivity index (χ0n) is 13.7. The molecule has 0 aliphatic rings. The molecular formula is C16H25N2O2P. The van der Waals surface area contributed by atoms with Crippen LogP contribution in [0, 0.1) is 0 Å². The second-order valence-electron chi connectivity index (χ2n) is 7.47. The van der Waals surface area contributed by atoms with E-state index in [1.807, 2.05) is 21.5 Å². The molecule has 2 rings (SSSR count). The Kier molecular flexibility index (Phi) is 3.76. The highest BCUT2D eigenvalue weighted by Crippen LogP contribution is 2.39. The lowest BCUT2D eigenvalue weighted by molar-refractivity contribution is 0.399. The molecule has 0 aliphatic heterocycles. The van der Waals surface area contributed by atoms with Gasteiger partial charge in [0.25, 0.3) is 7.37 Å². The Hall–Kier alpha value is -1.25. The van der Waals surface area contributed by atoms with Crippen molar-refractivity contribution in [1.29, 1.82) is 0 Å². The van der Waals surface area contributed by atoms with Crippen LogP contribution in [-0.2, 0) is 15.6 Å². The van der Waals surface area contributed by atoms with Crippen LogP contribution in [0.3, 0.4) is 0 Å². The van der Waals surface area contributed by atoms with Gasteiger partial charge in [0, 0.05) is 35.9 Å². The van der Waals surface area contributed by atoms with Gasteiger partial charge in [-0.3, -0.25) is 4.57 Å². The second kappa shape index (κ2) is 4.89. The standard InChI is InChI=1S/C16H25N2O2P/c1-15(2,3)17-9-7-13(11-17)21(19,20)14-8-10-18(12-14)16(4,5)6/h7-12H,1-6H3,(H,19,20). The highest BCUT2D eigenvalue weighted by molar-refractivity contribution is 7.73. The number of hydrogen-bond acceptors (Lipinski definition) is 1. The lowest BCUT2D eigenvalue weighted by Crippen LogP contribution is -2.22. The van der Waals surface area contributed by atoms with Crippen molar-refractivity contribution < 1.29 is 9.46 Å². The van der Waals surface area contributed by atoms with Crippen molar-refractivity contribution in [3.8, 4) is 0 Å². The zero-order valence-corrected chi connectivity index (χ0v) is 14.6. The third-order valence-corrected chi connectivity index (χ3v) is 5.53. The van der Waals surface area contributed by atoms with Gasteiger partial charge in [-0.1, -0.05) is 0 Å². The van der Waals surface area contributed by atoms with Gasteiger partial charge in [0.2, 0.25) is 0 Å². The maximum absolute atomic E-state index is 12.8. The van der Waals surface area contributed by atoms with Crippen molar-refractivity contribution in [3.05, 3.63) is 36.9 Å². The van der Waals surface area contributed by atoms with Crippen LogP contribution in [0.5, 0.6) is 0 Å². The molecule has 0 aliphatic carbocycles. The molecule has 0 amide bonds. The first kappa shape index (κ1) is 16.1. The van der Waals surface area contributed by atoms with Gasteiger partial charge < -0.3 is 14.0 Å². The predicted molar refractivity (Wildman–Crippen MR) is 87.9 cm³/mol. The Morgan fingerprint density at radius 3 is 1.43 bits per heavy atom. The summed E-state index contributed by atoms with van der Waals surface area (Å²) in [6, 6.07) is 3.47. The van der Waals surface area contributed by atoms with E-state index in [-0.39, 0.29) is 11.1 Å². The SMILES string of the molecule is CC(C)(C)n1ccc(P(=O)(O)c2ccn(C(C)(C)C)c2)c1. The largest absolute Gasteiger partial charge is 0.348 e. The molecule has 0 radical (unpaired) electrons. The van der Waals surface area contributed by atoms with E-state index in [2.05, 4.69) is 41.5 Å². The summed E-state index contributed by atoms with van der Waals surface area (Å²) >= 11 is 0. The third kappa shape index (κ3) is 3.17. The van der Waals surface area contributed by atoms with Gasteiger partial charge in [0.1, 0.15) is 0 Å². The van der Waals surface area contributed by atoms with Crippen molar-refractivity contribution in [1.82, 2.24) is 9.13 Å². The molecular weight excluding hydrogens is 283 g/mol. The van der Waals surface area contributed by atoms with E-state index in [4.69, 9.17) is 0 Å². The van der Waals surface area contributed by atoms with Gasteiger partial charge >= 0.3 is 0 Å². The third-order valence-electron chi connectivity index (χ3n) is 3.60. The molecule has 0 unspecified atom stereocenters. The average Bonchev–Trinajstić information content (AvgIpc) is 2.97. The molecule has 2 aromatic heterocycles. The summed E-state index contributed by atoms with van der Waals surface area (Å²) in [6.45, 7) is 12.4. The Labute approximate surface area is 126 Å². The Balaban J connectivity index is 2.40. The minimum absolute atomic E-state index is 0.102. The monoisotopic (exact) mass is 308 g/mol. The molecule has 0 saturated heterocycles. The Morgan fingerprint density at radius 1 is 0.857 bits per heavy atom. The molecule has 0 aromatic carbocycles. The quantitative estimate of drug-likeness (QED) is 0.867. The minimum Gasteiger partial charge on any atom is -0.348 e. The zero-order chi connectivity index (χ0) is 16.1. The molecule has 0 spiro atoms. The van der Waals surface area contributed by atoms with Crippen LogP contribution >= 0.6 is 7.37 Å². The van der Waals surface area contributed by atoms with Crippen LogP contribution in [0.25, 0.3) is 0 Å². The summed E-state index contributed by atoms with van der Waals surface area (Å²) in [5.41, 5.74) is -0.203. The highest BCUT2D eigenvalue weighted by atomic mass is 31.2. The molecule has 2 heterocycles. The molecule has 0 fully saturated rings. The van der Waals surface area contributed by atoms with Crippen molar-refractivity contribution in [2.75, 3.05) is 0 Å². The van der Waals surface area contributed by atoms with Crippen molar-refractivity contribution in [2.45, 2.75) is 52.6 Å². The average molecular weight is 308 g/mol. The molecule has 2 aromatic rings. The van der Waals surface area contributed by atoms with E-state index < -0.39 is 7.37 Å². The summed E-state index contributed by atoms with van der Waals surface area (Å²) in [6.07, 6.45) is 7.27. The van der Waals surface area contributed by atoms with E-state index in [1.54, 1.807) is 24.5 Å². The fourth-order valence-electron chi connectivity index (χ4n) is 2.11. The van der Waals surface area contributed by atoms with E-state index in [1.165, 1.54) is 0 Å². The van der Waals surface area contributed by atoms with Crippen LogP contribution in [0.4, 0.5) is 0 Å². The second-order valence-corrected chi connectivity index (χ2v) is 9.66. The first-order valence-electron chi connectivity index (χ1n) is 7.13. The van der Waals surface area contributed by atoms with Crippen molar-refractivity contribution >= 4 is 18.0 Å². The van der Waals surface area contributed by atoms with Crippen LogP contribution in [0.2, 0.25) is 0 Å². The van der Waals surface area contributed by atoms with Crippen molar-refractivity contribution in [3.63, 3.8) is 0 Å². The Morgan fingerprint density at radius 2 is 1.19 bits per heavy atom. The fourth-order valence-corrected chi connectivity index (χ4v) is 3.51. The minimum atomic E-state index is -3.54. The molecule has 116 valence electrons. The van der Waals surface area contributed by atoms with Crippen LogP contribution < -0.4 is 10.6 Å². The fraction of sp³-hybridized carbons (Fsp3) is 0.500. The summed E-state index contributed by atoms with van der Waals surface area (Å²) in [5.74, 6) is 0. The smallest absolute Gasteiger partial charge is 0.261 e. The number of hydrogen-bond donors (Lipinski definition) is 1. The molecule has 0 atom stereocenters. The summed E-state index contributed by atoms with van der Waals surface area (Å²) in [7, 11) is -3.54. The normalized spacial score (nSPS) is 13.7. The van der Waals surface area contributed by atoms with Gasteiger partial charge in [0.05, 0.1) is 10.6 Å². The van der Waals surface area contributed by atoms with Crippen LogP contribution in [0.15, 0.2) is 36.9 Å². The first-order chi connectivity index (χ1) is 9.42. The molecule has 4 nitrogen and oxygen atoms in total. The molecule has 0 saturated carbocycles. The maximum Gasteiger partial charge on any atom is 0.261 e. The summed E-state index contributed by atoms with van der Waals surface area (Å²) < 4.78 is 16.8. The van der Waals surface area contributed by atoms with Gasteiger partial charge in [-0.2, -0.15) is 0 Å². The van der Waals surface area contributed by atoms with E-state index in [0.29, 0.717) is 10.6 Å². The van der Waals surface area contributed by atoms with E-state index in [9.17, 15) is 9.46 Å². The number of aromatic nitrogens is 2. The first-order valence-corrected chi connectivity index (χ1v) is 8.79. The summed E-state index contributed by atoms with van der Waals surface area (Å²) in [4.78, 5) is 10.5. The lowest BCUT2D eigenvalue weighted by Gasteiger charge is -2.21. The van der Waals surface area contributed by atoms with Gasteiger partial charge in [-0.25, -0.2) is 0 Å². The highest BCUT2D eigenvalue weighted by Gasteiger charge is 2.28. The Bertz CT molecular complexity index is 627. The van der Waals surface area contributed by atoms with E-state index in [0.717, 1.165) is 0 Å². The van der Waals surface area contributed by atoms with Crippen LogP contribution in [0.1, 0.15) is 41.5 Å². The van der Waals surface area contributed by atoms with Crippen molar-refractivity contribution in [2.24, 2.45) is 0 Å².